The lowest BCUT2D eigenvalue weighted by Crippen LogP contribution is -2.20. The molecule has 1 aromatic heterocycles. The molecule has 0 radical (unpaired) electrons. The van der Waals surface area contributed by atoms with Gasteiger partial charge in [0.05, 0.1) is 19.0 Å². The predicted octanol–water partition coefficient (Wildman–Crippen LogP) is 1.81. The Bertz CT molecular complexity index is 555. The molecule has 0 saturated heterocycles. The van der Waals surface area contributed by atoms with Gasteiger partial charge in [-0.25, -0.2) is 4.39 Å². The average molecular weight is 264 g/mol. The molecule has 102 valence electrons. The molecule has 19 heavy (non-hydrogen) atoms. The predicted molar refractivity (Wildman–Crippen MR) is 69.2 cm³/mol. The summed E-state index contributed by atoms with van der Waals surface area (Å²) in [5.74, 6) is -0.0948. The zero-order valence-corrected chi connectivity index (χ0v) is 11.2. The van der Waals surface area contributed by atoms with Crippen LogP contribution < -0.4 is 10.1 Å². The van der Waals surface area contributed by atoms with Crippen molar-refractivity contribution in [2.24, 2.45) is 7.05 Å². The number of aryl methyl sites for hydroxylation is 1. The van der Waals surface area contributed by atoms with E-state index in [2.05, 4.69) is 15.6 Å². The summed E-state index contributed by atoms with van der Waals surface area (Å²) in [6.07, 6.45) is 1.70. The van der Waals surface area contributed by atoms with Gasteiger partial charge >= 0.3 is 0 Å². The Labute approximate surface area is 111 Å². The Morgan fingerprint density at radius 3 is 2.84 bits per heavy atom. The molecule has 0 aliphatic rings. The molecule has 0 bridgehead atoms. The van der Waals surface area contributed by atoms with E-state index < -0.39 is 0 Å². The SMILES string of the molecule is COc1ccc([C@H](C)NCc2cnnn2C)cc1F. The molecule has 1 N–H and O–H groups in total. The highest BCUT2D eigenvalue weighted by Gasteiger charge is 2.10. The first-order chi connectivity index (χ1) is 9.11. The van der Waals surface area contributed by atoms with Crippen molar-refractivity contribution in [1.82, 2.24) is 20.3 Å². The lowest BCUT2D eigenvalue weighted by atomic mass is 10.1. The molecular formula is C13H17FN4O. The Balaban J connectivity index is 2.02. The zero-order valence-electron chi connectivity index (χ0n) is 11.2. The van der Waals surface area contributed by atoms with Gasteiger partial charge in [0.15, 0.2) is 11.6 Å². The molecule has 0 aliphatic carbocycles. The summed E-state index contributed by atoms with van der Waals surface area (Å²) in [7, 11) is 3.29. The van der Waals surface area contributed by atoms with Crippen LogP contribution in [0.15, 0.2) is 24.4 Å². The Morgan fingerprint density at radius 1 is 1.47 bits per heavy atom. The second-order valence-electron chi connectivity index (χ2n) is 4.35. The summed E-state index contributed by atoms with van der Waals surface area (Å²) in [6.45, 7) is 2.60. The summed E-state index contributed by atoms with van der Waals surface area (Å²) < 4.78 is 20.2. The van der Waals surface area contributed by atoms with Crippen LogP contribution in [0.5, 0.6) is 5.75 Å². The van der Waals surface area contributed by atoms with Crippen LogP contribution in [0.4, 0.5) is 4.39 Å². The quantitative estimate of drug-likeness (QED) is 0.895. The Morgan fingerprint density at radius 2 is 2.26 bits per heavy atom. The Kier molecular flexibility index (Phi) is 4.11. The van der Waals surface area contributed by atoms with Gasteiger partial charge in [-0.05, 0) is 24.6 Å². The van der Waals surface area contributed by atoms with E-state index in [-0.39, 0.29) is 17.6 Å². The third-order valence-electron chi connectivity index (χ3n) is 3.07. The lowest BCUT2D eigenvalue weighted by molar-refractivity contribution is 0.385. The summed E-state index contributed by atoms with van der Waals surface area (Å²) in [5.41, 5.74) is 1.84. The van der Waals surface area contributed by atoms with Crippen molar-refractivity contribution in [1.29, 1.82) is 0 Å². The molecule has 1 aromatic carbocycles. The molecular weight excluding hydrogens is 247 g/mol. The second kappa shape index (κ2) is 5.79. The minimum atomic E-state index is -0.351. The van der Waals surface area contributed by atoms with E-state index >= 15 is 0 Å². The van der Waals surface area contributed by atoms with Gasteiger partial charge in [-0.2, -0.15) is 0 Å². The van der Waals surface area contributed by atoms with Crippen LogP contribution in [0.25, 0.3) is 0 Å². The molecule has 5 nitrogen and oxygen atoms in total. The van der Waals surface area contributed by atoms with Crippen molar-refractivity contribution in [2.75, 3.05) is 7.11 Å². The summed E-state index contributed by atoms with van der Waals surface area (Å²) in [4.78, 5) is 0. The van der Waals surface area contributed by atoms with Crippen molar-refractivity contribution < 1.29 is 9.13 Å². The number of methoxy groups -OCH3 is 1. The van der Waals surface area contributed by atoms with Crippen molar-refractivity contribution in [3.63, 3.8) is 0 Å². The first-order valence-corrected chi connectivity index (χ1v) is 6.02. The first-order valence-electron chi connectivity index (χ1n) is 6.02. The van der Waals surface area contributed by atoms with E-state index in [9.17, 15) is 4.39 Å². The van der Waals surface area contributed by atoms with E-state index in [1.54, 1.807) is 16.9 Å². The number of nitrogens with one attached hydrogen (secondary N) is 1. The standard InChI is InChI=1S/C13H17FN4O/c1-9(15-7-11-8-16-17-18(11)2)10-4-5-13(19-3)12(14)6-10/h4-6,8-9,15H,7H2,1-3H3/t9-/m0/s1. The van der Waals surface area contributed by atoms with Gasteiger partial charge in [-0.15, -0.1) is 5.10 Å². The first kappa shape index (κ1) is 13.5. The number of halogens is 1. The van der Waals surface area contributed by atoms with Crippen LogP contribution in [-0.4, -0.2) is 22.1 Å². The van der Waals surface area contributed by atoms with Gasteiger partial charge in [0.2, 0.25) is 0 Å². The molecule has 0 spiro atoms. The van der Waals surface area contributed by atoms with Gasteiger partial charge < -0.3 is 10.1 Å². The summed E-state index contributed by atoms with van der Waals surface area (Å²) in [6, 6.07) is 4.99. The van der Waals surface area contributed by atoms with Crippen LogP contribution in [0.1, 0.15) is 24.2 Å². The fourth-order valence-corrected chi connectivity index (χ4v) is 1.80. The number of aromatic nitrogens is 3. The number of hydrogen-bond donors (Lipinski definition) is 1. The molecule has 0 unspecified atom stereocenters. The Hall–Kier alpha value is -1.95. The second-order valence-corrected chi connectivity index (χ2v) is 4.35. The van der Waals surface area contributed by atoms with Crippen molar-refractivity contribution in [3.8, 4) is 5.75 Å². The van der Waals surface area contributed by atoms with E-state index in [1.165, 1.54) is 13.2 Å². The van der Waals surface area contributed by atoms with Gasteiger partial charge in [-0.3, -0.25) is 4.68 Å². The maximum Gasteiger partial charge on any atom is 0.165 e. The van der Waals surface area contributed by atoms with E-state index in [4.69, 9.17) is 4.74 Å². The van der Waals surface area contributed by atoms with E-state index in [0.717, 1.165) is 11.3 Å². The third-order valence-corrected chi connectivity index (χ3v) is 3.07. The van der Waals surface area contributed by atoms with E-state index in [0.29, 0.717) is 6.54 Å². The van der Waals surface area contributed by atoms with Crippen molar-refractivity contribution in [2.45, 2.75) is 19.5 Å². The van der Waals surface area contributed by atoms with Crippen LogP contribution in [0.2, 0.25) is 0 Å². The topological polar surface area (TPSA) is 52.0 Å². The summed E-state index contributed by atoms with van der Waals surface area (Å²) in [5, 5.41) is 11.0. The van der Waals surface area contributed by atoms with Crippen LogP contribution in [0.3, 0.4) is 0 Å². The van der Waals surface area contributed by atoms with Gasteiger partial charge in [-0.1, -0.05) is 11.3 Å². The number of rotatable bonds is 5. The minimum absolute atomic E-state index is 0.0234. The normalized spacial score (nSPS) is 12.4. The minimum Gasteiger partial charge on any atom is -0.494 e. The molecule has 0 fully saturated rings. The smallest absolute Gasteiger partial charge is 0.165 e. The fraction of sp³-hybridized carbons (Fsp3) is 0.385. The van der Waals surface area contributed by atoms with Crippen LogP contribution in [-0.2, 0) is 13.6 Å². The highest BCUT2D eigenvalue weighted by molar-refractivity contribution is 5.30. The fourth-order valence-electron chi connectivity index (χ4n) is 1.80. The molecule has 2 aromatic rings. The summed E-state index contributed by atoms with van der Waals surface area (Å²) >= 11 is 0. The largest absolute Gasteiger partial charge is 0.494 e. The maximum atomic E-state index is 13.6. The molecule has 6 heteroatoms. The number of ether oxygens (including phenoxy) is 1. The molecule has 0 saturated carbocycles. The van der Waals surface area contributed by atoms with Crippen LogP contribution >= 0.6 is 0 Å². The average Bonchev–Trinajstić information content (AvgIpc) is 2.81. The molecule has 1 atom stereocenters. The highest BCUT2D eigenvalue weighted by Crippen LogP contribution is 2.21. The van der Waals surface area contributed by atoms with Gasteiger partial charge in [0, 0.05) is 19.6 Å². The lowest BCUT2D eigenvalue weighted by Gasteiger charge is -2.15. The van der Waals surface area contributed by atoms with Crippen LogP contribution in [0, 0.1) is 5.82 Å². The van der Waals surface area contributed by atoms with Crippen molar-refractivity contribution in [3.05, 3.63) is 41.5 Å². The number of nitrogens with zero attached hydrogens (tertiary/aromatic N) is 3. The van der Waals surface area contributed by atoms with Gasteiger partial charge in [0.1, 0.15) is 0 Å². The number of hydrogen-bond acceptors (Lipinski definition) is 4. The third kappa shape index (κ3) is 3.08. The zero-order chi connectivity index (χ0) is 13.8. The monoisotopic (exact) mass is 264 g/mol. The van der Waals surface area contributed by atoms with E-state index in [1.807, 2.05) is 20.0 Å². The molecule has 0 aliphatic heterocycles. The molecule has 1 heterocycles. The van der Waals surface area contributed by atoms with Crippen molar-refractivity contribution >= 4 is 0 Å². The highest BCUT2D eigenvalue weighted by atomic mass is 19.1. The molecule has 0 amide bonds. The van der Waals surface area contributed by atoms with Gasteiger partial charge in [0.25, 0.3) is 0 Å². The molecule has 2 rings (SSSR count). The maximum absolute atomic E-state index is 13.6. The number of benzene rings is 1.